The van der Waals surface area contributed by atoms with Crippen molar-refractivity contribution in [1.29, 1.82) is 0 Å². The van der Waals surface area contributed by atoms with E-state index in [-0.39, 0.29) is 5.91 Å². The van der Waals surface area contributed by atoms with Crippen LogP contribution in [0.3, 0.4) is 0 Å². The highest BCUT2D eigenvalue weighted by molar-refractivity contribution is 7.09. The zero-order valence-corrected chi connectivity index (χ0v) is 12.0. The molecule has 1 N–H and O–H groups in total. The summed E-state index contributed by atoms with van der Waals surface area (Å²) in [6.07, 6.45) is 1.75. The quantitative estimate of drug-likeness (QED) is 0.800. The van der Waals surface area contributed by atoms with Crippen LogP contribution >= 0.6 is 11.3 Å². The highest BCUT2D eigenvalue weighted by atomic mass is 32.1. The molecule has 0 bridgehead atoms. The summed E-state index contributed by atoms with van der Waals surface area (Å²) in [5.74, 6) is 0.0869. The van der Waals surface area contributed by atoms with Crippen LogP contribution < -0.4 is 0 Å². The average Bonchev–Trinajstić information content (AvgIpc) is 2.78. The van der Waals surface area contributed by atoms with Gasteiger partial charge in [0, 0.05) is 24.5 Å². The molecule has 19 heavy (non-hydrogen) atoms. The fourth-order valence-electron chi connectivity index (χ4n) is 2.32. The Hall–Kier alpha value is -1.17. The van der Waals surface area contributed by atoms with E-state index in [4.69, 9.17) is 0 Å². The van der Waals surface area contributed by atoms with Crippen molar-refractivity contribution >= 4 is 17.2 Å². The van der Waals surface area contributed by atoms with Crippen LogP contribution in [0.1, 0.15) is 11.8 Å². The van der Waals surface area contributed by atoms with E-state index in [1.165, 1.54) is 4.88 Å². The van der Waals surface area contributed by atoms with Gasteiger partial charge in [-0.15, -0.1) is 17.9 Å². The van der Waals surface area contributed by atoms with E-state index in [0.29, 0.717) is 32.7 Å². The number of β-amino-alcohol motifs (C(OH)–C–C–N with tert-alkyl or cyclic N) is 1. The molecule has 1 aliphatic heterocycles. The molecule has 1 aromatic heterocycles. The molecule has 0 atom stereocenters. The Kier molecular flexibility index (Phi) is 4.39. The van der Waals surface area contributed by atoms with Gasteiger partial charge < -0.3 is 10.0 Å². The Bertz CT molecular complexity index is 434. The molecule has 4 nitrogen and oxygen atoms in total. The number of nitrogens with zero attached hydrogens (tertiary/aromatic N) is 2. The smallest absolute Gasteiger partial charge is 0.237 e. The van der Waals surface area contributed by atoms with Crippen LogP contribution in [0.5, 0.6) is 0 Å². The molecule has 1 aliphatic rings. The van der Waals surface area contributed by atoms with Crippen molar-refractivity contribution < 1.29 is 9.90 Å². The van der Waals surface area contributed by atoms with Gasteiger partial charge >= 0.3 is 0 Å². The van der Waals surface area contributed by atoms with Crippen molar-refractivity contribution in [2.75, 3.05) is 26.2 Å². The molecule has 0 unspecified atom stereocenters. The summed E-state index contributed by atoms with van der Waals surface area (Å²) in [6.45, 7) is 8.19. The lowest BCUT2D eigenvalue weighted by molar-refractivity contribution is -0.139. The molecule has 1 fully saturated rings. The minimum atomic E-state index is -0.628. The standard InChI is InChI=1S/C14H20N2O2S/c1-3-6-16(8-12-5-4-7-19-12)13(17)9-15-10-14(2,18)11-15/h3-5,7,18H,1,6,8-11H2,2H3. The van der Waals surface area contributed by atoms with Crippen LogP contribution in [0.15, 0.2) is 30.2 Å². The van der Waals surface area contributed by atoms with Crippen molar-refractivity contribution in [3.63, 3.8) is 0 Å². The lowest BCUT2D eigenvalue weighted by Crippen LogP contribution is -2.61. The summed E-state index contributed by atoms with van der Waals surface area (Å²) in [5.41, 5.74) is -0.628. The third-order valence-corrected chi connectivity index (χ3v) is 3.98. The lowest BCUT2D eigenvalue weighted by Gasteiger charge is -2.44. The van der Waals surface area contributed by atoms with Gasteiger partial charge in [0.25, 0.3) is 0 Å². The maximum atomic E-state index is 12.2. The SMILES string of the molecule is C=CCN(Cc1cccs1)C(=O)CN1CC(C)(O)C1. The van der Waals surface area contributed by atoms with Crippen LogP contribution in [-0.4, -0.2) is 52.6 Å². The van der Waals surface area contributed by atoms with Gasteiger partial charge in [0.05, 0.1) is 18.7 Å². The minimum absolute atomic E-state index is 0.0869. The third-order valence-electron chi connectivity index (χ3n) is 3.12. The van der Waals surface area contributed by atoms with E-state index in [2.05, 4.69) is 6.58 Å². The molecule has 0 spiro atoms. The van der Waals surface area contributed by atoms with Gasteiger partial charge in [-0.05, 0) is 18.4 Å². The summed E-state index contributed by atoms with van der Waals surface area (Å²) in [6, 6.07) is 4.02. The highest BCUT2D eigenvalue weighted by Gasteiger charge is 2.37. The third kappa shape index (κ3) is 3.89. The zero-order valence-electron chi connectivity index (χ0n) is 11.2. The van der Waals surface area contributed by atoms with Crippen LogP contribution in [0.25, 0.3) is 0 Å². The van der Waals surface area contributed by atoms with Crippen LogP contribution in [0, 0.1) is 0 Å². The van der Waals surface area contributed by atoms with Crippen molar-refractivity contribution in [2.24, 2.45) is 0 Å². The summed E-state index contributed by atoms with van der Waals surface area (Å²) in [4.78, 5) is 17.2. The van der Waals surface area contributed by atoms with Crippen LogP contribution in [0.4, 0.5) is 0 Å². The van der Waals surface area contributed by atoms with Crippen LogP contribution in [0.2, 0.25) is 0 Å². The van der Waals surface area contributed by atoms with Crippen molar-refractivity contribution in [3.05, 3.63) is 35.0 Å². The molecule has 0 radical (unpaired) electrons. The number of aliphatic hydroxyl groups is 1. The molecule has 1 aromatic rings. The number of thiophene rings is 1. The molecule has 104 valence electrons. The molecule has 1 saturated heterocycles. The number of hydrogen-bond acceptors (Lipinski definition) is 4. The molecule has 2 heterocycles. The van der Waals surface area contributed by atoms with Crippen molar-refractivity contribution in [2.45, 2.75) is 19.1 Å². The number of rotatable bonds is 6. The van der Waals surface area contributed by atoms with Gasteiger partial charge in [-0.3, -0.25) is 9.69 Å². The Balaban J connectivity index is 1.87. The molecular formula is C14H20N2O2S. The first-order chi connectivity index (χ1) is 9.00. The molecule has 2 rings (SSSR count). The van der Waals surface area contributed by atoms with Crippen molar-refractivity contribution in [1.82, 2.24) is 9.80 Å². The molecule has 5 heteroatoms. The summed E-state index contributed by atoms with van der Waals surface area (Å²) in [7, 11) is 0. The van der Waals surface area contributed by atoms with E-state index in [0.717, 1.165) is 0 Å². The fraction of sp³-hybridized carbons (Fsp3) is 0.500. The average molecular weight is 280 g/mol. The lowest BCUT2D eigenvalue weighted by atomic mass is 9.97. The first kappa shape index (κ1) is 14.2. The minimum Gasteiger partial charge on any atom is -0.388 e. The first-order valence-corrected chi connectivity index (χ1v) is 7.24. The largest absolute Gasteiger partial charge is 0.388 e. The van der Waals surface area contributed by atoms with Gasteiger partial charge in [-0.2, -0.15) is 0 Å². The number of hydrogen-bond donors (Lipinski definition) is 1. The van der Waals surface area contributed by atoms with Crippen molar-refractivity contribution in [3.8, 4) is 0 Å². The van der Waals surface area contributed by atoms with Crippen LogP contribution in [-0.2, 0) is 11.3 Å². The van der Waals surface area contributed by atoms with E-state index < -0.39 is 5.60 Å². The van der Waals surface area contributed by atoms with Gasteiger partial charge in [-0.25, -0.2) is 0 Å². The second kappa shape index (κ2) is 5.86. The predicted molar refractivity (Wildman–Crippen MR) is 77.0 cm³/mol. The van der Waals surface area contributed by atoms with Gasteiger partial charge in [0.2, 0.25) is 5.91 Å². The number of amides is 1. The Morgan fingerprint density at radius 2 is 2.42 bits per heavy atom. The monoisotopic (exact) mass is 280 g/mol. The summed E-state index contributed by atoms with van der Waals surface area (Å²) in [5, 5.41) is 11.7. The van der Waals surface area contributed by atoms with E-state index in [9.17, 15) is 9.90 Å². The Morgan fingerprint density at radius 1 is 1.68 bits per heavy atom. The first-order valence-electron chi connectivity index (χ1n) is 6.36. The van der Waals surface area contributed by atoms with E-state index in [1.54, 1.807) is 29.2 Å². The number of carbonyl (C=O) groups is 1. The summed E-state index contributed by atoms with van der Waals surface area (Å²) < 4.78 is 0. The zero-order chi connectivity index (χ0) is 13.9. The highest BCUT2D eigenvalue weighted by Crippen LogP contribution is 2.20. The fourth-order valence-corrected chi connectivity index (χ4v) is 3.04. The second-order valence-electron chi connectivity index (χ2n) is 5.28. The number of likely N-dealkylation sites (tertiary alicyclic amines) is 1. The van der Waals surface area contributed by atoms with E-state index in [1.807, 2.05) is 22.4 Å². The molecule has 0 saturated carbocycles. The van der Waals surface area contributed by atoms with Gasteiger partial charge in [-0.1, -0.05) is 12.1 Å². The number of carbonyl (C=O) groups excluding carboxylic acids is 1. The predicted octanol–water partition coefficient (Wildman–Crippen LogP) is 1.33. The molecule has 1 amide bonds. The summed E-state index contributed by atoms with van der Waals surface area (Å²) >= 11 is 1.65. The van der Waals surface area contributed by atoms with Gasteiger partial charge in [0.1, 0.15) is 0 Å². The second-order valence-corrected chi connectivity index (χ2v) is 6.32. The van der Waals surface area contributed by atoms with E-state index >= 15 is 0 Å². The molecule has 0 aromatic carbocycles. The van der Waals surface area contributed by atoms with Gasteiger partial charge in [0.15, 0.2) is 0 Å². The normalized spacial score (nSPS) is 17.8. The topological polar surface area (TPSA) is 43.8 Å². The Morgan fingerprint density at radius 3 is 2.95 bits per heavy atom. The molecular weight excluding hydrogens is 260 g/mol. The maximum absolute atomic E-state index is 12.2. The molecule has 0 aliphatic carbocycles. The maximum Gasteiger partial charge on any atom is 0.237 e. The Labute approximate surface area is 118 Å².